The summed E-state index contributed by atoms with van der Waals surface area (Å²) in [5.74, 6) is 0.615. The van der Waals surface area contributed by atoms with Crippen molar-refractivity contribution < 1.29 is 27.4 Å². The van der Waals surface area contributed by atoms with Crippen LogP contribution in [0.25, 0.3) is 6.08 Å². The Hall–Kier alpha value is -2.19. The van der Waals surface area contributed by atoms with Crippen molar-refractivity contribution in [2.75, 3.05) is 26.4 Å². The fraction of sp³-hybridized carbons (Fsp3) is 0.364. The van der Waals surface area contributed by atoms with Gasteiger partial charge in [0.1, 0.15) is 24.6 Å². The van der Waals surface area contributed by atoms with Crippen LogP contribution in [0.5, 0.6) is 5.75 Å². The van der Waals surface area contributed by atoms with Crippen molar-refractivity contribution in [1.29, 1.82) is 0 Å². The molecule has 2 saturated heterocycles. The third kappa shape index (κ3) is 3.59. The summed E-state index contributed by atoms with van der Waals surface area (Å²) in [5.41, 5.74) is 1.51. The second-order valence-corrected chi connectivity index (χ2v) is 9.59. The molecule has 0 saturated carbocycles. The summed E-state index contributed by atoms with van der Waals surface area (Å²) in [6.45, 7) is 2.02. The number of ether oxygens (including phenoxy) is 4. The molecule has 0 radical (unpaired) electrons. The lowest BCUT2D eigenvalue weighted by Gasteiger charge is -2.36. The van der Waals surface area contributed by atoms with E-state index in [1.54, 1.807) is 24.3 Å². The minimum atomic E-state index is -3.85. The van der Waals surface area contributed by atoms with Crippen LogP contribution in [0, 0.1) is 0 Å². The van der Waals surface area contributed by atoms with Gasteiger partial charge < -0.3 is 18.9 Å². The van der Waals surface area contributed by atoms with E-state index in [-0.39, 0.29) is 30.1 Å². The first kappa shape index (κ1) is 18.8. The molecule has 0 amide bonds. The molecule has 5 rings (SSSR count). The van der Waals surface area contributed by atoms with Gasteiger partial charge in [-0.1, -0.05) is 36.4 Å². The highest BCUT2D eigenvalue weighted by atomic mass is 32.2. The molecule has 0 N–H and O–H groups in total. The Labute approximate surface area is 170 Å². The smallest absolute Gasteiger partial charge is 0.212 e. The Kier molecular flexibility index (Phi) is 4.70. The van der Waals surface area contributed by atoms with Crippen molar-refractivity contribution in [2.24, 2.45) is 0 Å². The highest BCUT2D eigenvalue weighted by Crippen LogP contribution is 2.45. The molecule has 3 aliphatic rings. The molecular weight excluding hydrogens is 392 g/mol. The number of epoxide rings is 2. The van der Waals surface area contributed by atoms with Crippen LogP contribution in [0.15, 0.2) is 59.5 Å². The third-order valence-corrected chi connectivity index (χ3v) is 7.63. The maximum atomic E-state index is 13.8. The van der Waals surface area contributed by atoms with Gasteiger partial charge in [0.25, 0.3) is 0 Å². The van der Waals surface area contributed by atoms with Gasteiger partial charge in [-0.05, 0) is 29.8 Å². The summed E-state index contributed by atoms with van der Waals surface area (Å²) in [4.78, 5) is -1.27. The van der Waals surface area contributed by atoms with E-state index in [1.165, 1.54) is 0 Å². The molecule has 1 aliphatic carbocycles. The van der Waals surface area contributed by atoms with Crippen molar-refractivity contribution >= 4 is 15.9 Å². The topological polar surface area (TPSA) is 77.7 Å². The van der Waals surface area contributed by atoms with E-state index >= 15 is 0 Å². The average Bonchev–Trinajstić information content (AvgIpc) is 3.66. The molecule has 3 unspecified atom stereocenters. The first-order valence-electron chi connectivity index (χ1n) is 9.69. The van der Waals surface area contributed by atoms with E-state index in [1.807, 2.05) is 36.4 Å². The SMILES string of the molecule is O=S(=O)(c1ccc(OCC2CO2)cc1)C1(OCC2CO2)CC=Cc2ccccc21. The maximum absolute atomic E-state index is 13.8. The van der Waals surface area contributed by atoms with Gasteiger partial charge >= 0.3 is 0 Å². The molecule has 0 bridgehead atoms. The molecule has 2 heterocycles. The maximum Gasteiger partial charge on any atom is 0.212 e. The summed E-state index contributed by atoms with van der Waals surface area (Å²) in [5, 5.41) is 0. The molecule has 29 heavy (non-hydrogen) atoms. The Bertz CT molecular complexity index is 1020. The van der Waals surface area contributed by atoms with Crippen LogP contribution in [0.3, 0.4) is 0 Å². The van der Waals surface area contributed by atoms with Gasteiger partial charge in [0, 0.05) is 12.0 Å². The van der Waals surface area contributed by atoms with Crippen molar-refractivity contribution in [3.8, 4) is 5.75 Å². The lowest BCUT2D eigenvalue weighted by atomic mass is 9.94. The number of sulfone groups is 1. The average molecular weight is 414 g/mol. The minimum absolute atomic E-state index is 0.0411. The number of rotatable bonds is 8. The van der Waals surface area contributed by atoms with Gasteiger partial charge in [0.15, 0.2) is 0 Å². The number of fused-ring (bicyclic) bond motifs is 1. The van der Waals surface area contributed by atoms with E-state index in [4.69, 9.17) is 18.9 Å². The quantitative estimate of drug-likeness (QED) is 0.618. The summed E-state index contributed by atoms with van der Waals surface area (Å²) in [7, 11) is -3.85. The van der Waals surface area contributed by atoms with E-state index in [0.717, 1.165) is 5.56 Å². The molecular formula is C22H22O6S. The molecule has 2 aliphatic heterocycles. The second-order valence-electron chi connectivity index (χ2n) is 7.45. The molecule has 2 fully saturated rings. The highest BCUT2D eigenvalue weighted by molar-refractivity contribution is 7.92. The normalized spacial score (nSPS) is 27.3. The van der Waals surface area contributed by atoms with E-state index in [0.29, 0.717) is 31.1 Å². The van der Waals surface area contributed by atoms with Gasteiger partial charge in [0.2, 0.25) is 14.8 Å². The largest absolute Gasteiger partial charge is 0.491 e. The van der Waals surface area contributed by atoms with Crippen molar-refractivity contribution in [3.05, 3.63) is 65.7 Å². The highest BCUT2D eigenvalue weighted by Gasteiger charge is 2.50. The molecule has 2 aromatic carbocycles. The first-order chi connectivity index (χ1) is 14.1. The number of hydrogen-bond donors (Lipinski definition) is 0. The Morgan fingerprint density at radius 3 is 2.38 bits per heavy atom. The van der Waals surface area contributed by atoms with Crippen molar-refractivity contribution in [1.82, 2.24) is 0 Å². The van der Waals surface area contributed by atoms with Gasteiger partial charge in [-0.15, -0.1) is 0 Å². The molecule has 152 valence electrons. The van der Waals surface area contributed by atoms with Crippen LogP contribution in [-0.2, 0) is 29.0 Å². The van der Waals surface area contributed by atoms with Crippen LogP contribution in [0.2, 0.25) is 0 Å². The molecule has 2 aromatic rings. The van der Waals surface area contributed by atoms with Crippen molar-refractivity contribution in [3.63, 3.8) is 0 Å². The van der Waals surface area contributed by atoms with Gasteiger partial charge in [-0.25, -0.2) is 8.42 Å². The Balaban J connectivity index is 1.50. The monoisotopic (exact) mass is 414 g/mol. The summed E-state index contributed by atoms with van der Waals surface area (Å²) in [6, 6.07) is 14.0. The predicted molar refractivity (Wildman–Crippen MR) is 106 cm³/mol. The number of hydrogen-bond acceptors (Lipinski definition) is 6. The minimum Gasteiger partial charge on any atom is -0.491 e. The lowest BCUT2D eigenvalue weighted by Crippen LogP contribution is -2.41. The first-order valence-corrected chi connectivity index (χ1v) is 11.2. The fourth-order valence-electron chi connectivity index (χ4n) is 3.56. The van der Waals surface area contributed by atoms with Crippen molar-refractivity contribution in [2.45, 2.75) is 28.5 Å². The Morgan fingerprint density at radius 1 is 0.966 bits per heavy atom. The van der Waals surface area contributed by atoms with Gasteiger partial charge in [0.05, 0.1) is 24.7 Å². The predicted octanol–water partition coefficient (Wildman–Crippen LogP) is 2.92. The molecule has 0 spiro atoms. The molecule has 0 aromatic heterocycles. The number of benzene rings is 2. The van der Waals surface area contributed by atoms with Crippen LogP contribution in [-0.4, -0.2) is 47.1 Å². The summed E-state index contributed by atoms with van der Waals surface area (Å²) in [6.07, 6.45) is 4.15. The van der Waals surface area contributed by atoms with E-state index in [2.05, 4.69) is 0 Å². The zero-order valence-electron chi connectivity index (χ0n) is 15.8. The van der Waals surface area contributed by atoms with Crippen LogP contribution < -0.4 is 4.74 Å². The summed E-state index contributed by atoms with van der Waals surface area (Å²) < 4.78 is 49.8. The Morgan fingerprint density at radius 2 is 1.66 bits per heavy atom. The van der Waals surface area contributed by atoms with Crippen LogP contribution in [0.4, 0.5) is 0 Å². The summed E-state index contributed by atoms with van der Waals surface area (Å²) >= 11 is 0. The zero-order chi connectivity index (χ0) is 19.9. The van der Waals surface area contributed by atoms with E-state index in [9.17, 15) is 8.42 Å². The molecule has 3 atom stereocenters. The van der Waals surface area contributed by atoms with E-state index < -0.39 is 14.8 Å². The second kappa shape index (κ2) is 7.25. The third-order valence-electron chi connectivity index (χ3n) is 5.37. The van der Waals surface area contributed by atoms with Crippen LogP contribution >= 0.6 is 0 Å². The van der Waals surface area contributed by atoms with Gasteiger partial charge in [-0.3, -0.25) is 0 Å². The zero-order valence-corrected chi connectivity index (χ0v) is 16.6. The standard InChI is InChI=1S/C22H22O6S/c23-29(24,20-9-7-17(8-10-20)25-12-18-13-26-18)22(28-15-19-14-27-19)11-3-5-16-4-1-2-6-21(16)22/h1-10,18-19H,11-15H2. The molecule has 7 heteroatoms. The molecule has 6 nitrogen and oxygen atoms in total. The van der Waals surface area contributed by atoms with Gasteiger partial charge in [-0.2, -0.15) is 0 Å². The fourth-order valence-corrected chi connectivity index (χ4v) is 5.45. The lowest BCUT2D eigenvalue weighted by molar-refractivity contribution is 0.00708. The van der Waals surface area contributed by atoms with Crippen LogP contribution in [0.1, 0.15) is 17.5 Å².